The van der Waals surface area contributed by atoms with Gasteiger partial charge in [0.1, 0.15) is 12.0 Å². The maximum atomic E-state index is 14.0. The van der Waals surface area contributed by atoms with Gasteiger partial charge in [0.15, 0.2) is 11.7 Å². The fourth-order valence-electron chi connectivity index (χ4n) is 8.15. The van der Waals surface area contributed by atoms with Crippen LogP contribution in [0.3, 0.4) is 0 Å². The Bertz CT molecular complexity index is 2120. The van der Waals surface area contributed by atoms with Crippen molar-refractivity contribution in [1.82, 2.24) is 5.32 Å². The molecule has 5 aromatic rings. The first-order chi connectivity index (χ1) is 23.5. The van der Waals surface area contributed by atoms with Gasteiger partial charge in [0.05, 0.1) is 17.7 Å². The van der Waals surface area contributed by atoms with E-state index in [1.54, 1.807) is 25.0 Å². The van der Waals surface area contributed by atoms with Crippen molar-refractivity contribution in [3.63, 3.8) is 0 Å². The fraction of sp³-hybridized carbons (Fsp3) is 0.366. The summed E-state index contributed by atoms with van der Waals surface area (Å²) in [6, 6.07) is 15.1. The number of Topliss-reactive ketones (excluding diaryl/α,β-unsaturated/α-hetero) is 1. The standard InChI is InChI=1S/C41H39NO6/c1-2-47-41(46)33-19-16-28-29-15-18-32(40(45)42-26-12-7-4-8-13-26)39-35(48-23-9-22-43)21-20-30(37(29)39)27-14-17-31(38(33)36(27)28)34(44)24-25-10-5-3-6-11-25/h14-21,23,25-26H,2-8,10-13,24H2,1H3,(H,42,45). The molecule has 0 aromatic heterocycles. The maximum Gasteiger partial charge on any atom is 0.338 e. The van der Waals surface area contributed by atoms with Gasteiger partial charge in [-0.25, -0.2) is 9.59 Å². The van der Waals surface area contributed by atoms with Crippen molar-refractivity contribution in [2.75, 3.05) is 6.61 Å². The van der Waals surface area contributed by atoms with Crippen LogP contribution < -0.4 is 10.1 Å². The summed E-state index contributed by atoms with van der Waals surface area (Å²) in [5, 5.41) is 9.56. The highest BCUT2D eigenvalue weighted by Gasteiger charge is 2.27. The van der Waals surface area contributed by atoms with Gasteiger partial charge in [-0.1, -0.05) is 75.6 Å². The molecule has 0 spiro atoms. The van der Waals surface area contributed by atoms with Crippen molar-refractivity contribution >= 4 is 66.7 Å². The van der Waals surface area contributed by atoms with Crippen molar-refractivity contribution in [2.45, 2.75) is 83.6 Å². The molecule has 2 aliphatic carbocycles. The zero-order valence-electron chi connectivity index (χ0n) is 27.3. The zero-order valence-corrected chi connectivity index (χ0v) is 27.3. The van der Waals surface area contributed by atoms with Crippen LogP contribution in [0.2, 0.25) is 0 Å². The minimum absolute atomic E-state index is 0.0422. The molecule has 0 radical (unpaired) electrons. The second-order valence-electron chi connectivity index (χ2n) is 13.2. The largest absolute Gasteiger partial charge is 0.462 e. The molecule has 5 aromatic carbocycles. The normalized spacial score (nSPS) is 15.8. The highest BCUT2D eigenvalue weighted by molar-refractivity contribution is 6.37. The average Bonchev–Trinajstić information content (AvgIpc) is 3.11. The van der Waals surface area contributed by atoms with E-state index < -0.39 is 5.97 Å². The van der Waals surface area contributed by atoms with E-state index in [9.17, 15) is 19.2 Å². The Hall–Kier alpha value is -4.96. The average molecular weight is 642 g/mol. The highest BCUT2D eigenvalue weighted by atomic mass is 16.5. The van der Waals surface area contributed by atoms with Crippen LogP contribution in [0.5, 0.6) is 5.75 Å². The van der Waals surface area contributed by atoms with E-state index in [4.69, 9.17) is 9.47 Å². The lowest BCUT2D eigenvalue weighted by atomic mass is 9.82. The lowest BCUT2D eigenvalue weighted by Gasteiger charge is -2.24. The highest BCUT2D eigenvalue weighted by Crippen LogP contribution is 2.46. The molecule has 0 aliphatic heterocycles. The maximum absolute atomic E-state index is 14.0. The number of hydrogen-bond acceptors (Lipinski definition) is 6. The quantitative estimate of drug-likeness (QED) is 0.0328. The van der Waals surface area contributed by atoms with Gasteiger partial charge in [-0.3, -0.25) is 9.59 Å². The molecule has 0 bridgehead atoms. The van der Waals surface area contributed by atoms with Gasteiger partial charge in [-0.2, -0.15) is 0 Å². The van der Waals surface area contributed by atoms with Crippen molar-refractivity contribution in [3.8, 4) is 5.75 Å². The lowest BCUT2D eigenvalue weighted by Crippen LogP contribution is -2.36. The number of carbonyl (C=O) groups is 3. The van der Waals surface area contributed by atoms with Crippen LogP contribution in [-0.4, -0.2) is 36.2 Å². The third-order valence-corrected chi connectivity index (χ3v) is 10.3. The number of carbonyl (C=O) groups excluding carboxylic acids is 4. The van der Waals surface area contributed by atoms with E-state index in [2.05, 4.69) is 11.0 Å². The van der Waals surface area contributed by atoms with Crippen LogP contribution in [0.15, 0.2) is 60.5 Å². The topological polar surface area (TPSA) is 98.8 Å². The number of esters is 1. The minimum atomic E-state index is -0.461. The molecule has 2 fully saturated rings. The van der Waals surface area contributed by atoms with Crippen molar-refractivity contribution in [2.24, 2.45) is 5.92 Å². The minimum Gasteiger partial charge on any atom is -0.462 e. The van der Waals surface area contributed by atoms with E-state index >= 15 is 0 Å². The first kappa shape index (κ1) is 31.6. The van der Waals surface area contributed by atoms with Crippen LogP contribution in [0.4, 0.5) is 0 Å². The molecule has 7 rings (SSSR count). The zero-order chi connectivity index (χ0) is 33.2. The molecule has 0 unspecified atom stereocenters. The predicted octanol–water partition coefficient (Wildman–Crippen LogP) is 9.01. The number of ketones is 1. The second kappa shape index (κ2) is 13.6. The van der Waals surface area contributed by atoms with Gasteiger partial charge >= 0.3 is 5.97 Å². The molecular formula is C41H39NO6. The monoisotopic (exact) mass is 641 g/mol. The smallest absolute Gasteiger partial charge is 0.338 e. The number of ether oxygens (including phenoxy) is 2. The Morgan fingerprint density at radius 2 is 1.31 bits per heavy atom. The van der Waals surface area contributed by atoms with Gasteiger partial charge in [-0.05, 0) is 76.9 Å². The SMILES string of the molecule is CCOC(=O)c1ccc2c3ccc(C(=O)NC4CCCCC4)c4c(OC=C=C=O)ccc(c5ccc(C(=O)CC6CCCCC6)c1c52)c43. The summed E-state index contributed by atoms with van der Waals surface area (Å²) in [6.45, 7) is 1.99. The summed E-state index contributed by atoms with van der Waals surface area (Å²) < 4.78 is 11.4. The number of fused-ring (bicyclic) bond motifs is 2. The van der Waals surface area contributed by atoms with Gasteiger partial charge < -0.3 is 14.8 Å². The van der Waals surface area contributed by atoms with Crippen molar-refractivity contribution in [1.29, 1.82) is 0 Å². The predicted molar refractivity (Wildman–Crippen MR) is 188 cm³/mol. The van der Waals surface area contributed by atoms with E-state index in [1.807, 2.05) is 36.4 Å². The Balaban J connectivity index is 1.49. The summed E-state index contributed by atoms with van der Waals surface area (Å²) in [5.41, 5.74) is 3.70. The van der Waals surface area contributed by atoms with E-state index in [-0.39, 0.29) is 24.3 Å². The molecule has 7 heteroatoms. The third-order valence-electron chi connectivity index (χ3n) is 10.3. The number of hydrogen-bond donors (Lipinski definition) is 1. The Labute approximate surface area is 279 Å². The molecule has 2 aliphatic rings. The van der Waals surface area contributed by atoms with Gasteiger partial charge in [0, 0.05) is 39.9 Å². The molecule has 48 heavy (non-hydrogen) atoms. The summed E-state index contributed by atoms with van der Waals surface area (Å²) in [5.74, 6) is 1.75. The van der Waals surface area contributed by atoms with Crippen molar-refractivity contribution in [3.05, 3.63) is 77.2 Å². The molecule has 1 amide bonds. The van der Waals surface area contributed by atoms with Crippen LogP contribution in [0, 0.1) is 5.92 Å². The van der Waals surface area contributed by atoms with E-state index in [1.165, 1.54) is 12.8 Å². The molecule has 0 atom stereocenters. The molecule has 7 nitrogen and oxygen atoms in total. The summed E-state index contributed by atoms with van der Waals surface area (Å²) in [7, 11) is 0. The Kier molecular flexibility index (Phi) is 8.99. The van der Waals surface area contributed by atoms with E-state index in [0.29, 0.717) is 45.6 Å². The Morgan fingerprint density at radius 3 is 1.96 bits per heavy atom. The molecule has 0 saturated heterocycles. The van der Waals surface area contributed by atoms with Crippen LogP contribution in [0.1, 0.15) is 109 Å². The Morgan fingerprint density at radius 1 is 0.729 bits per heavy atom. The summed E-state index contributed by atoms with van der Waals surface area (Å²) >= 11 is 0. The fourth-order valence-corrected chi connectivity index (χ4v) is 8.15. The number of rotatable bonds is 9. The summed E-state index contributed by atoms with van der Waals surface area (Å²) in [4.78, 5) is 52.2. The number of benzene rings is 5. The van der Waals surface area contributed by atoms with Crippen molar-refractivity contribution < 1.29 is 28.7 Å². The van der Waals surface area contributed by atoms with E-state index in [0.717, 1.165) is 89.9 Å². The van der Waals surface area contributed by atoms with Gasteiger partial charge in [-0.15, -0.1) is 0 Å². The van der Waals surface area contributed by atoms with Gasteiger partial charge in [0.2, 0.25) is 0 Å². The molecule has 1 N–H and O–H groups in total. The summed E-state index contributed by atoms with van der Waals surface area (Å²) in [6.07, 6.45) is 12.4. The van der Waals surface area contributed by atoms with Crippen LogP contribution in [0.25, 0.3) is 43.1 Å². The molecule has 244 valence electrons. The number of nitrogens with one attached hydrogen (secondary N) is 1. The third kappa shape index (κ3) is 5.74. The molecular weight excluding hydrogens is 602 g/mol. The number of amides is 1. The van der Waals surface area contributed by atoms with Crippen LogP contribution >= 0.6 is 0 Å². The molecule has 2 saturated carbocycles. The lowest BCUT2D eigenvalue weighted by molar-refractivity contribution is 0.0528. The first-order valence-electron chi connectivity index (χ1n) is 17.3. The second-order valence-corrected chi connectivity index (χ2v) is 13.2. The molecule has 0 heterocycles. The van der Waals surface area contributed by atoms with Gasteiger partial charge in [0.25, 0.3) is 5.91 Å². The van der Waals surface area contributed by atoms with Crippen LogP contribution in [-0.2, 0) is 9.53 Å². The first-order valence-corrected chi connectivity index (χ1v) is 17.3.